The van der Waals surface area contributed by atoms with E-state index in [1.807, 2.05) is 32.9 Å². The first kappa shape index (κ1) is 20.3. The highest BCUT2D eigenvalue weighted by atomic mass is 32.2. The number of carbonyl (C=O) groups excluding carboxylic acids is 1. The van der Waals surface area contributed by atoms with E-state index in [0.29, 0.717) is 5.69 Å². The minimum Gasteiger partial charge on any atom is -0.372 e. The van der Waals surface area contributed by atoms with E-state index in [4.69, 9.17) is 0 Å². The minimum absolute atomic E-state index is 0.235. The molecule has 0 aromatic heterocycles. The first-order chi connectivity index (χ1) is 11.0. The van der Waals surface area contributed by atoms with Crippen LogP contribution in [0.25, 0.3) is 0 Å². The second-order valence-corrected chi connectivity index (χ2v) is 8.66. The average Bonchev–Trinajstić information content (AvgIpc) is 2.44. The molecule has 0 unspecified atom stereocenters. The second-order valence-electron chi connectivity index (χ2n) is 6.76. The topological polar surface area (TPSA) is 69.7 Å². The van der Waals surface area contributed by atoms with Crippen LogP contribution in [0.3, 0.4) is 0 Å². The number of hydrogen-bond donors (Lipinski definition) is 1. The van der Waals surface area contributed by atoms with Crippen molar-refractivity contribution in [3.63, 3.8) is 0 Å². The number of sulfonamides is 1. The fraction of sp³-hybridized carbons (Fsp3) is 0.588. The molecule has 0 atom stereocenters. The van der Waals surface area contributed by atoms with Crippen molar-refractivity contribution in [3.8, 4) is 0 Å². The van der Waals surface area contributed by atoms with Crippen molar-refractivity contribution in [2.24, 2.45) is 0 Å². The van der Waals surface area contributed by atoms with E-state index in [0.717, 1.165) is 29.3 Å². The molecular formula is C17H29N3O3S. The normalized spacial score (nSPS) is 11.9. The lowest BCUT2D eigenvalue weighted by Crippen LogP contribution is -2.47. The predicted molar refractivity (Wildman–Crippen MR) is 100 cm³/mol. The number of anilines is 2. The summed E-state index contributed by atoms with van der Waals surface area (Å²) in [6.45, 7) is 11.2. The Morgan fingerprint density at radius 2 is 1.50 bits per heavy atom. The van der Waals surface area contributed by atoms with Gasteiger partial charge in [0.25, 0.3) is 0 Å². The molecule has 1 aromatic rings. The van der Waals surface area contributed by atoms with Crippen LogP contribution in [-0.2, 0) is 14.8 Å². The van der Waals surface area contributed by atoms with E-state index in [2.05, 4.69) is 24.1 Å². The van der Waals surface area contributed by atoms with Crippen LogP contribution in [0.15, 0.2) is 24.3 Å². The van der Waals surface area contributed by atoms with Crippen molar-refractivity contribution in [3.05, 3.63) is 24.3 Å². The monoisotopic (exact) mass is 355 g/mol. The first-order valence-corrected chi connectivity index (χ1v) is 9.96. The van der Waals surface area contributed by atoms with E-state index in [-0.39, 0.29) is 12.5 Å². The van der Waals surface area contributed by atoms with Gasteiger partial charge in [-0.3, -0.25) is 9.10 Å². The van der Waals surface area contributed by atoms with Gasteiger partial charge in [-0.1, -0.05) is 0 Å². The number of amides is 1. The Bertz CT molecular complexity index is 645. The molecule has 136 valence electrons. The quantitative estimate of drug-likeness (QED) is 0.814. The summed E-state index contributed by atoms with van der Waals surface area (Å²) in [5.74, 6) is -0.333. The fourth-order valence-corrected chi connectivity index (χ4v) is 3.26. The van der Waals surface area contributed by atoms with Gasteiger partial charge in [0.15, 0.2) is 0 Å². The summed E-state index contributed by atoms with van der Waals surface area (Å²) in [7, 11) is -3.55. The van der Waals surface area contributed by atoms with E-state index in [1.54, 1.807) is 12.1 Å². The average molecular weight is 356 g/mol. The summed E-state index contributed by atoms with van der Waals surface area (Å²) in [6.07, 6.45) is 1.11. The van der Waals surface area contributed by atoms with Gasteiger partial charge in [0, 0.05) is 24.3 Å². The fourth-order valence-electron chi connectivity index (χ4n) is 2.41. The van der Waals surface area contributed by atoms with Crippen LogP contribution in [0.4, 0.5) is 11.4 Å². The third kappa shape index (κ3) is 6.03. The lowest BCUT2D eigenvalue weighted by molar-refractivity contribution is -0.121. The summed E-state index contributed by atoms with van der Waals surface area (Å²) in [6, 6.07) is 7.22. The van der Waals surface area contributed by atoms with Gasteiger partial charge >= 0.3 is 0 Å². The molecule has 0 aliphatic heterocycles. The number of rotatable bonds is 7. The van der Waals surface area contributed by atoms with Crippen molar-refractivity contribution in [1.29, 1.82) is 0 Å². The van der Waals surface area contributed by atoms with Crippen LogP contribution < -0.4 is 14.5 Å². The molecule has 0 aliphatic rings. The molecule has 1 amide bonds. The standard InChI is InChI=1S/C17H29N3O3S/c1-7-19(8-2)14-9-11-15(12-10-14)20(24(6,22)23)13-16(21)18-17(3,4)5/h9-12H,7-8,13H2,1-6H3,(H,18,21). The van der Waals surface area contributed by atoms with Crippen LogP contribution in [0.2, 0.25) is 0 Å². The van der Waals surface area contributed by atoms with Gasteiger partial charge in [-0.05, 0) is 58.9 Å². The zero-order valence-electron chi connectivity index (χ0n) is 15.5. The van der Waals surface area contributed by atoms with Crippen LogP contribution in [0, 0.1) is 0 Å². The van der Waals surface area contributed by atoms with Crippen molar-refractivity contribution in [2.75, 3.05) is 35.1 Å². The summed E-state index contributed by atoms with van der Waals surface area (Å²) in [5.41, 5.74) is 1.10. The Morgan fingerprint density at radius 1 is 1.04 bits per heavy atom. The number of benzene rings is 1. The predicted octanol–water partition coefficient (Wildman–Crippen LogP) is 2.21. The Hall–Kier alpha value is -1.76. The highest BCUT2D eigenvalue weighted by Gasteiger charge is 2.23. The molecule has 7 heteroatoms. The Morgan fingerprint density at radius 3 is 1.88 bits per heavy atom. The van der Waals surface area contributed by atoms with Crippen LogP contribution in [0.1, 0.15) is 34.6 Å². The van der Waals surface area contributed by atoms with E-state index in [1.165, 1.54) is 0 Å². The largest absolute Gasteiger partial charge is 0.372 e. The number of nitrogens with one attached hydrogen (secondary N) is 1. The highest BCUT2D eigenvalue weighted by Crippen LogP contribution is 2.22. The van der Waals surface area contributed by atoms with Crippen LogP contribution in [-0.4, -0.2) is 45.8 Å². The molecule has 24 heavy (non-hydrogen) atoms. The molecule has 0 radical (unpaired) electrons. The van der Waals surface area contributed by atoms with Gasteiger partial charge in [0.2, 0.25) is 15.9 Å². The minimum atomic E-state index is -3.55. The number of carbonyl (C=O) groups is 1. The summed E-state index contributed by atoms with van der Waals surface area (Å²) >= 11 is 0. The lowest BCUT2D eigenvalue weighted by Gasteiger charge is -2.26. The van der Waals surface area contributed by atoms with Crippen molar-refractivity contribution < 1.29 is 13.2 Å². The van der Waals surface area contributed by atoms with Gasteiger partial charge < -0.3 is 10.2 Å². The molecule has 0 saturated carbocycles. The molecule has 0 saturated heterocycles. The SMILES string of the molecule is CCN(CC)c1ccc(N(CC(=O)NC(C)(C)C)S(C)(=O)=O)cc1. The first-order valence-electron chi connectivity index (χ1n) is 8.11. The van der Waals surface area contributed by atoms with Gasteiger partial charge in [0.1, 0.15) is 6.54 Å². The molecule has 0 bridgehead atoms. The molecule has 0 aliphatic carbocycles. The maximum Gasteiger partial charge on any atom is 0.241 e. The lowest BCUT2D eigenvalue weighted by atomic mass is 10.1. The zero-order valence-corrected chi connectivity index (χ0v) is 16.3. The Labute approximate surface area is 145 Å². The maximum atomic E-state index is 12.1. The Kier molecular flexibility index (Phi) is 6.66. The van der Waals surface area contributed by atoms with Crippen LogP contribution in [0.5, 0.6) is 0 Å². The summed E-state index contributed by atoms with van der Waals surface area (Å²) in [5, 5.41) is 2.79. The third-order valence-corrected chi connectivity index (χ3v) is 4.61. The van der Waals surface area contributed by atoms with Crippen molar-refractivity contribution in [1.82, 2.24) is 5.32 Å². The molecule has 1 rings (SSSR count). The van der Waals surface area contributed by atoms with Gasteiger partial charge in [-0.15, -0.1) is 0 Å². The number of nitrogens with zero attached hydrogens (tertiary/aromatic N) is 2. The third-order valence-electron chi connectivity index (χ3n) is 3.47. The molecule has 0 fully saturated rings. The molecule has 0 spiro atoms. The summed E-state index contributed by atoms with van der Waals surface area (Å²) in [4.78, 5) is 14.3. The zero-order chi connectivity index (χ0) is 18.5. The Balaban J connectivity index is 3.04. The maximum absolute atomic E-state index is 12.1. The van der Waals surface area contributed by atoms with E-state index in [9.17, 15) is 13.2 Å². The number of hydrogen-bond acceptors (Lipinski definition) is 4. The van der Waals surface area contributed by atoms with Crippen LogP contribution >= 0.6 is 0 Å². The van der Waals surface area contributed by atoms with Crippen molar-refractivity contribution >= 4 is 27.3 Å². The van der Waals surface area contributed by atoms with Crippen molar-refractivity contribution in [2.45, 2.75) is 40.2 Å². The van der Waals surface area contributed by atoms with Gasteiger partial charge in [-0.25, -0.2) is 8.42 Å². The summed E-state index contributed by atoms with van der Waals surface area (Å²) < 4.78 is 25.3. The molecular weight excluding hydrogens is 326 g/mol. The second kappa shape index (κ2) is 7.88. The molecule has 1 N–H and O–H groups in total. The van der Waals surface area contributed by atoms with Gasteiger partial charge in [-0.2, -0.15) is 0 Å². The van der Waals surface area contributed by atoms with E-state index < -0.39 is 15.6 Å². The smallest absolute Gasteiger partial charge is 0.241 e. The molecule has 6 nitrogen and oxygen atoms in total. The molecule has 1 aromatic carbocycles. The highest BCUT2D eigenvalue weighted by molar-refractivity contribution is 7.92. The molecule has 0 heterocycles. The van der Waals surface area contributed by atoms with Gasteiger partial charge in [0.05, 0.1) is 11.9 Å². The van der Waals surface area contributed by atoms with E-state index >= 15 is 0 Å².